The minimum atomic E-state index is -0.411. The van der Waals surface area contributed by atoms with Crippen molar-refractivity contribution in [2.75, 3.05) is 13.2 Å². The van der Waals surface area contributed by atoms with Crippen molar-refractivity contribution in [2.45, 2.75) is 46.3 Å². The molecule has 2 unspecified atom stereocenters. The second kappa shape index (κ2) is 7.93. The lowest BCUT2D eigenvalue weighted by Gasteiger charge is -2.36. The summed E-state index contributed by atoms with van der Waals surface area (Å²) >= 11 is 0. The highest BCUT2D eigenvalue weighted by molar-refractivity contribution is 5.83. The van der Waals surface area contributed by atoms with Crippen LogP contribution in [0.5, 0.6) is 5.88 Å². The number of nitrogens with zero attached hydrogens (tertiary/aromatic N) is 3. The number of aromatic nitrogens is 2. The van der Waals surface area contributed by atoms with Gasteiger partial charge >= 0.3 is 0 Å². The third-order valence-electron chi connectivity index (χ3n) is 4.62. The van der Waals surface area contributed by atoms with E-state index in [1.54, 1.807) is 5.06 Å². The molecule has 6 nitrogen and oxygen atoms in total. The Kier molecular flexibility index (Phi) is 5.64. The van der Waals surface area contributed by atoms with Crippen molar-refractivity contribution in [3.8, 4) is 17.3 Å². The molecule has 2 atom stereocenters. The Hall–Kier alpha value is -2.31. The lowest BCUT2D eigenvalue weighted by Crippen LogP contribution is -2.54. The maximum Gasteiger partial charge on any atom is 0.244 e. The van der Waals surface area contributed by atoms with Crippen molar-refractivity contribution >= 4 is 5.78 Å². The fourth-order valence-corrected chi connectivity index (χ4v) is 2.88. The molecule has 2 heterocycles. The molecule has 1 aromatic carbocycles. The second-order valence-electron chi connectivity index (χ2n) is 6.60. The molecule has 0 aliphatic carbocycles. The molecule has 0 radical (unpaired) electrons. The third-order valence-corrected chi connectivity index (χ3v) is 4.62. The number of hydroxylamine groups is 2. The average molecular weight is 355 g/mol. The van der Waals surface area contributed by atoms with E-state index in [1.807, 2.05) is 58.0 Å². The largest absolute Gasteiger partial charge is 0.384 e. The van der Waals surface area contributed by atoms with E-state index in [0.29, 0.717) is 31.3 Å². The minimum Gasteiger partial charge on any atom is -0.384 e. The van der Waals surface area contributed by atoms with Crippen LogP contribution in [-0.2, 0) is 9.53 Å². The summed E-state index contributed by atoms with van der Waals surface area (Å²) < 4.78 is 5.65. The van der Waals surface area contributed by atoms with Crippen molar-refractivity contribution in [1.82, 2.24) is 15.0 Å². The summed E-state index contributed by atoms with van der Waals surface area (Å²) in [6, 6.07) is 9.38. The molecule has 26 heavy (non-hydrogen) atoms. The van der Waals surface area contributed by atoms with Gasteiger partial charge in [0.25, 0.3) is 0 Å². The van der Waals surface area contributed by atoms with Gasteiger partial charge in [-0.15, -0.1) is 5.06 Å². The van der Waals surface area contributed by atoms with Crippen molar-refractivity contribution in [3.63, 3.8) is 0 Å². The Morgan fingerprint density at radius 1 is 1.27 bits per heavy atom. The molecule has 1 aromatic heterocycles. The van der Waals surface area contributed by atoms with Crippen molar-refractivity contribution in [1.29, 1.82) is 0 Å². The normalized spacial score (nSPS) is 20.8. The summed E-state index contributed by atoms with van der Waals surface area (Å²) in [6.45, 7) is 8.54. The molecule has 1 aliphatic heterocycles. The Bertz CT molecular complexity index is 779. The molecule has 138 valence electrons. The zero-order chi connectivity index (χ0) is 18.7. The molecule has 1 fully saturated rings. The summed E-state index contributed by atoms with van der Waals surface area (Å²) in [7, 11) is 0. The standard InChI is InChI=1S/C20H25N3O3/c1-5-18(24)17-12-25-13(2)11-23(17)26-20-14(3)15(4)21-19(22-20)16-9-7-6-8-10-16/h6-10,13,17H,5,11-12H2,1-4H3. The van der Waals surface area contributed by atoms with Crippen LogP contribution in [0.4, 0.5) is 0 Å². The van der Waals surface area contributed by atoms with Crippen molar-refractivity contribution < 1.29 is 14.4 Å². The zero-order valence-electron chi connectivity index (χ0n) is 15.7. The number of ether oxygens (including phenoxy) is 1. The minimum absolute atomic E-state index is 0.00672. The number of morpholine rings is 1. The average Bonchev–Trinajstić information content (AvgIpc) is 2.65. The highest BCUT2D eigenvalue weighted by atomic mass is 16.7. The third kappa shape index (κ3) is 3.92. The highest BCUT2D eigenvalue weighted by Gasteiger charge is 2.34. The van der Waals surface area contributed by atoms with Crippen molar-refractivity contribution in [3.05, 3.63) is 41.6 Å². The van der Waals surface area contributed by atoms with Gasteiger partial charge in [-0.2, -0.15) is 4.98 Å². The van der Waals surface area contributed by atoms with Crippen LogP contribution in [0.25, 0.3) is 11.4 Å². The van der Waals surface area contributed by atoms with Gasteiger partial charge in [-0.25, -0.2) is 4.98 Å². The van der Waals surface area contributed by atoms with Crippen LogP contribution in [0.3, 0.4) is 0 Å². The Morgan fingerprint density at radius 3 is 2.69 bits per heavy atom. The second-order valence-corrected chi connectivity index (χ2v) is 6.60. The number of rotatable bonds is 5. The molecule has 1 aliphatic rings. The predicted molar refractivity (Wildman–Crippen MR) is 98.8 cm³/mol. The molecule has 0 amide bonds. The maximum atomic E-state index is 12.3. The smallest absolute Gasteiger partial charge is 0.244 e. The quantitative estimate of drug-likeness (QED) is 0.821. The predicted octanol–water partition coefficient (Wildman–Crippen LogP) is 3.12. The number of aryl methyl sites for hydroxylation is 1. The lowest BCUT2D eigenvalue weighted by atomic mass is 10.1. The van der Waals surface area contributed by atoms with Gasteiger partial charge in [-0.05, 0) is 20.8 Å². The molecule has 0 spiro atoms. The van der Waals surface area contributed by atoms with Crippen LogP contribution >= 0.6 is 0 Å². The summed E-state index contributed by atoms with van der Waals surface area (Å²) in [5.41, 5.74) is 2.65. The number of hydrogen-bond donors (Lipinski definition) is 0. The molecule has 0 saturated carbocycles. The number of ketones is 1. The molecule has 0 bridgehead atoms. The van der Waals surface area contributed by atoms with Crippen LogP contribution in [0.1, 0.15) is 31.5 Å². The van der Waals surface area contributed by atoms with Gasteiger partial charge in [0.15, 0.2) is 11.6 Å². The Labute approximate surface area is 154 Å². The first-order chi connectivity index (χ1) is 12.5. The van der Waals surface area contributed by atoms with E-state index in [4.69, 9.17) is 9.57 Å². The van der Waals surface area contributed by atoms with Gasteiger partial charge in [-0.3, -0.25) is 4.79 Å². The van der Waals surface area contributed by atoms with Gasteiger partial charge < -0.3 is 9.57 Å². The number of benzene rings is 1. The van der Waals surface area contributed by atoms with E-state index in [9.17, 15) is 4.79 Å². The van der Waals surface area contributed by atoms with E-state index >= 15 is 0 Å². The molecule has 1 saturated heterocycles. The van der Waals surface area contributed by atoms with Gasteiger partial charge in [0.1, 0.15) is 6.04 Å². The first kappa shape index (κ1) is 18.5. The van der Waals surface area contributed by atoms with Gasteiger partial charge in [0, 0.05) is 23.2 Å². The maximum absolute atomic E-state index is 12.3. The molecular weight excluding hydrogens is 330 g/mol. The van der Waals surface area contributed by atoms with E-state index in [-0.39, 0.29) is 11.9 Å². The molecule has 2 aromatic rings. The zero-order valence-corrected chi connectivity index (χ0v) is 15.7. The fourth-order valence-electron chi connectivity index (χ4n) is 2.88. The van der Waals surface area contributed by atoms with Gasteiger partial charge in [-0.1, -0.05) is 37.3 Å². The topological polar surface area (TPSA) is 64.5 Å². The van der Waals surface area contributed by atoms with E-state index < -0.39 is 6.04 Å². The van der Waals surface area contributed by atoms with E-state index in [0.717, 1.165) is 16.8 Å². The Balaban J connectivity index is 1.92. The summed E-state index contributed by atoms with van der Waals surface area (Å²) in [5.74, 6) is 1.20. The number of carbonyl (C=O) groups excluding carboxylic acids is 1. The first-order valence-electron chi connectivity index (χ1n) is 8.99. The first-order valence-corrected chi connectivity index (χ1v) is 8.99. The highest BCUT2D eigenvalue weighted by Crippen LogP contribution is 2.25. The van der Waals surface area contributed by atoms with Crippen LogP contribution in [-0.4, -0.2) is 46.1 Å². The summed E-state index contributed by atoms with van der Waals surface area (Å²) in [4.78, 5) is 27.6. The lowest BCUT2D eigenvalue weighted by molar-refractivity contribution is -0.186. The summed E-state index contributed by atoms with van der Waals surface area (Å²) in [5, 5.41) is 1.71. The number of carbonyl (C=O) groups is 1. The van der Waals surface area contributed by atoms with E-state index in [2.05, 4.69) is 9.97 Å². The molecule has 6 heteroatoms. The van der Waals surface area contributed by atoms with Crippen LogP contribution in [0, 0.1) is 13.8 Å². The van der Waals surface area contributed by atoms with Crippen LogP contribution in [0.15, 0.2) is 30.3 Å². The fraction of sp³-hybridized carbons (Fsp3) is 0.450. The van der Waals surface area contributed by atoms with Crippen molar-refractivity contribution in [2.24, 2.45) is 0 Å². The SMILES string of the molecule is CCC(=O)C1COC(C)CN1Oc1nc(-c2ccccc2)nc(C)c1C. The summed E-state index contributed by atoms with van der Waals surface area (Å²) in [6.07, 6.45) is 0.437. The number of hydrogen-bond acceptors (Lipinski definition) is 6. The molecule has 3 rings (SSSR count). The monoisotopic (exact) mass is 355 g/mol. The molecule has 0 N–H and O–H groups in total. The molecular formula is C20H25N3O3. The van der Waals surface area contributed by atoms with Gasteiger partial charge in [0.2, 0.25) is 5.88 Å². The van der Waals surface area contributed by atoms with Crippen LogP contribution in [0.2, 0.25) is 0 Å². The van der Waals surface area contributed by atoms with Gasteiger partial charge in [0.05, 0.1) is 19.3 Å². The van der Waals surface area contributed by atoms with Crippen LogP contribution < -0.4 is 4.84 Å². The Morgan fingerprint density at radius 2 is 2.00 bits per heavy atom. The van der Waals surface area contributed by atoms with E-state index in [1.165, 1.54) is 0 Å². The number of Topliss-reactive ketones (excluding diaryl/α,β-unsaturated/α-hetero) is 1.